The van der Waals surface area contributed by atoms with Gasteiger partial charge in [-0.1, -0.05) is 12.1 Å². The maximum atomic E-state index is 13.2. The van der Waals surface area contributed by atoms with Crippen molar-refractivity contribution in [3.05, 3.63) is 62.8 Å². The Bertz CT molecular complexity index is 649. The van der Waals surface area contributed by atoms with Crippen LogP contribution in [0.5, 0.6) is 0 Å². The fraction of sp³-hybridized carbons (Fsp3) is 0.0714. The predicted octanol–water partition coefficient (Wildman–Crippen LogP) is 3.99. The molecule has 0 aromatic heterocycles. The molecule has 104 valence electrons. The molecule has 0 aliphatic rings. The maximum Gasteiger partial charge on any atom is 0.244 e. The van der Waals surface area contributed by atoms with Crippen LogP contribution in [-0.2, 0) is 4.79 Å². The number of rotatable bonds is 4. The van der Waals surface area contributed by atoms with Gasteiger partial charge in [0.2, 0.25) is 5.91 Å². The van der Waals surface area contributed by atoms with Crippen molar-refractivity contribution in [2.75, 3.05) is 5.32 Å². The fourth-order valence-corrected chi connectivity index (χ4v) is 2.40. The quantitative estimate of drug-likeness (QED) is 0.813. The molecule has 1 amide bonds. The van der Waals surface area contributed by atoms with Gasteiger partial charge in [0.25, 0.3) is 0 Å². The Kier molecular flexibility index (Phi) is 4.77. The fourth-order valence-electron chi connectivity index (χ4n) is 1.76. The standard InChI is InChI=1S/C14H11Br2FN2O/c15-11-5-4-8(6-12(11)16)13(14(18)20)19-10-3-1-2-9(17)7-10/h1-7,13,19H,(H2,18,20). The summed E-state index contributed by atoms with van der Waals surface area (Å²) in [5.41, 5.74) is 6.61. The molecule has 2 aromatic rings. The van der Waals surface area contributed by atoms with E-state index >= 15 is 0 Å². The largest absolute Gasteiger partial charge is 0.370 e. The van der Waals surface area contributed by atoms with E-state index in [0.29, 0.717) is 11.3 Å². The van der Waals surface area contributed by atoms with Crippen molar-refractivity contribution in [2.24, 2.45) is 5.73 Å². The molecular weight excluding hydrogens is 391 g/mol. The van der Waals surface area contributed by atoms with Crippen molar-refractivity contribution in [3.8, 4) is 0 Å². The van der Waals surface area contributed by atoms with Gasteiger partial charge in [-0.25, -0.2) is 4.39 Å². The van der Waals surface area contributed by atoms with Crippen molar-refractivity contribution in [1.82, 2.24) is 0 Å². The van der Waals surface area contributed by atoms with Crippen molar-refractivity contribution < 1.29 is 9.18 Å². The Balaban J connectivity index is 2.32. The Morgan fingerprint density at radius 2 is 1.90 bits per heavy atom. The molecule has 0 heterocycles. The van der Waals surface area contributed by atoms with Gasteiger partial charge < -0.3 is 11.1 Å². The summed E-state index contributed by atoms with van der Waals surface area (Å²) in [6, 6.07) is 10.5. The Hall–Kier alpha value is -1.40. The minimum atomic E-state index is -0.735. The van der Waals surface area contributed by atoms with E-state index in [0.717, 1.165) is 8.95 Å². The molecule has 1 unspecified atom stereocenters. The number of halogens is 3. The highest BCUT2D eigenvalue weighted by Crippen LogP contribution is 2.28. The van der Waals surface area contributed by atoms with E-state index in [2.05, 4.69) is 37.2 Å². The Morgan fingerprint density at radius 1 is 1.15 bits per heavy atom. The summed E-state index contributed by atoms with van der Waals surface area (Å²) in [6.07, 6.45) is 0. The van der Waals surface area contributed by atoms with E-state index in [1.165, 1.54) is 12.1 Å². The normalized spacial score (nSPS) is 11.9. The first kappa shape index (κ1) is 15.0. The lowest BCUT2D eigenvalue weighted by atomic mass is 10.1. The van der Waals surface area contributed by atoms with Crippen LogP contribution in [-0.4, -0.2) is 5.91 Å². The van der Waals surface area contributed by atoms with E-state index < -0.39 is 11.9 Å². The molecule has 20 heavy (non-hydrogen) atoms. The van der Waals surface area contributed by atoms with Crippen molar-refractivity contribution in [2.45, 2.75) is 6.04 Å². The summed E-state index contributed by atoms with van der Waals surface area (Å²) in [4.78, 5) is 11.6. The van der Waals surface area contributed by atoms with Crippen LogP contribution < -0.4 is 11.1 Å². The molecule has 0 aliphatic carbocycles. The number of hydrogen-bond donors (Lipinski definition) is 2. The monoisotopic (exact) mass is 400 g/mol. The van der Waals surface area contributed by atoms with E-state index in [4.69, 9.17) is 5.73 Å². The molecule has 3 nitrogen and oxygen atoms in total. The van der Waals surface area contributed by atoms with Crippen LogP contribution in [0.2, 0.25) is 0 Å². The van der Waals surface area contributed by atoms with Gasteiger partial charge in [0.05, 0.1) is 0 Å². The molecule has 0 saturated heterocycles. The lowest BCUT2D eigenvalue weighted by Gasteiger charge is -2.17. The number of carbonyl (C=O) groups is 1. The minimum Gasteiger partial charge on any atom is -0.370 e. The van der Waals surface area contributed by atoms with Gasteiger partial charge in [0.1, 0.15) is 11.9 Å². The zero-order valence-corrected chi connectivity index (χ0v) is 13.4. The van der Waals surface area contributed by atoms with Gasteiger partial charge in [-0.05, 0) is 67.8 Å². The molecule has 0 saturated carbocycles. The minimum absolute atomic E-state index is 0.379. The van der Waals surface area contributed by atoms with Gasteiger partial charge in [-0.2, -0.15) is 0 Å². The third kappa shape index (κ3) is 3.58. The van der Waals surface area contributed by atoms with E-state index in [1.54, 1.807) is 24.3 Å². The third-order valence-corrected chi connectivity index (χ3v) is 4.58. The van der Waals surface area contributed by atoms with Gasteiger partial charge in [0.15, 0.2) is 0 Å². The van der Waals surface area contributed by atoms with Gasteiger partial charge in [-0.3, -0.25) is 4.79 Å². The number of carbonyl (C=O) groups excluding carboxylic acids is 1. The van der Waals surface area contributed by atoms with Crippen LogP contribution in [0, 0.1) is 5.82 Å². The first-order chi connectivity index (χ1) is 9.47. The lowest BCUT2D eigenvalue weighted by Crippen LogP contribution is -2.27. The van der Waals surface area contributed by atoms with E-state index in [-0.39, 0.29) is 5.82 Å². The van der Waals surface area contributed by atoms with Crippen molar-refractivity contribution in [3.63, 3.8) is 0 Å². The molecule has 0 radical (unpaired) electrons. The topological polar surface area (TPSA) is 55.1 Å². The zero-order valence-electron chi connectivity index (χ0n) is 10.2. The summed E-state index contributed by atoms with van der Waals surface area (Å²) in [7, 11) is 0. The van der Waals surface area contributed by atoms with Crippen LogP contribution in [0.15, 0.2) is 51.4 Å². The predicted molar refractivity (Wildman–Crippen MR) is 83.8 cm³/mol. The van der Waals surface area contributed by atoms with Crippen LogP contribution >= 0.6 is 31.9 Å². The molecular formula is C14H11Br2FN2O. The number of benzene rings is 2. The molecule has 2 aromatic carbocycles. The van der Waals surface area contributed by atoms with Gasteiger partial charge in [-0.15, -0.1) is 0 Å². The molecule has 0 aliphatic heterocycles. The maximum absolute atomic E-state index is 13.2. The second-order valence-corrected chi connectivity index (χ2v) is 5.87. The Labute approximate surface area is 132 Å². The summed E-state index contributed by atoms with van der Waals surface area (Å²) in [5, 5.41) is 2.93. The van der Waals surface area contributed by atoms with E-state index in [9.17, 15) is 9.18 Å². The molecule has 0 spiro atoms. The molecule has 2 rings (SSSR count). The molecule has 0 fully saturated rings. The average molecular weight is 402 g/mol. The van der Waals surface area contributed by atoms with Crippen LogP contribution in [0.25, 0.3) is 0 Å². The van der Waals surface area contributed by atoms with E-state index in [1.807, 2.05) is 6.07 Å². The molecule has 1 atom stereocenters. The number of nitrogens with one attached hydrogen (secondary N) is 1. The summed E-state index contributed by atoms with van der Waals surface area (Å²) >= 11 is 6.73. The highest BCUT2D eigenvalue weighted by Gasteiger charge is 2.18. The van der Waals surface area contributed by atoms with Crippen molar-refractivity contribution in [1.29, 1.82) is 0 Å². The summed E-state index contributed by atoms with van der Waals surface area (Å²) < 4.78 is 14.8. The van der Waals surface area contributed by atoms with Gasteiger partial charge >= 0.3 is 0 Å². The summed E-state index contributed by atoms with van der Waals surface area (Å²) in [6.45, 7) is 0. The number of nitrogens with two attached hydrogens (primary N) is 1. The van der Waals surface area contributed by atoms with Crippen molar-refractivity contribution >= 4 is 43.5 Å². The average Bonchev–Trinajstić information content (AvgIpc) is 2.39. The lowest BCUT2D eigenvalue weighted by molar-refractivity contribution is -0.118. The van der Waals surface area contributed by atoms with Crippen LogP contribution in [0.3, 0.4) is 0 Å². The summed E-state index contributed by atoms with van der Waals surface area (Å²) in [5.74, 6) is -0.918. The Morgan fingerprint density at radius 3 is 2.50 bits per heavy atom. The van der Waals surface area contributed by atoms with Crippen LogP contribution in [0.1, 0.15) is 11.6 Å². The van der Waals surface area contributed by atoms with Crippen LogP contribution in [0.4, 0.5) is 10.1 Å². The number of amides is 1. The number of anilines is 1. The SMILES string of the molecule is NC(=O)C(Nc1cccc(F)c1)c1ccc(Br)c(Br)c1. The second-order valence-electron chi connectivity index (χ2n) is 4.16. The molecule has 3 N–H and O–H groups in total. The molecule has 6 heteroatoms. The first-order valence-electron chi connectivity index (χ1n) is 5.74. The smallest absolute Gasteiger partial charge is 0.244 e. The highest BCUT2D eigenvalue weighted by molar-refractivity contribution is 9.13. The first-order valence-corrected chi connectivity index (χ1v) is 7.32. The van der Waals surface area contributed by atoms with Gasteiger partial charge in [0, 0.05) is 14.6 Å². The highest BCUT2D eigenvalue weighted by atomic mass is 79.9. The zero-order chi connectivity index (χ0) is 14.7. The third-order valence-electron chi connectivity index (χ3n) is 2.70. The molecule has 0 bridgehead atoms. The number of hydrogen-bond acceptors (Lipinski definition) is 2. The second kappa shape index (κ2) is 6.37. The number of primary amides is 1.